The number of rotatable bonds is 13. The third-order valence-corrected chi connectivity index (χ3v) is 3.71. The molecule has 0 aliphatic carbocycles. The van der Waals surface area contributed by atoms with Gasteiger partial charge in [0.1, 0.15) is 12.6 Å². The zero-order valence-electron chi connectivity index (χ0n) is 14.5. The van der Waals surface area contributed by atoms with Crippen LogP contribution in [0.4, 0.5) is 0 Å². The van der Waals surface area contributed by atoms with E-state index in [1.54, 1.807) is 0 Å². The summed E-state index contributed by atoms with van der Waals surface area (Å²) >= 11 is 0. The lowest BCUT2D eigenvalue weighted by atomic mass is 10.0. The normalized spacial score (nSPS) is 15.0. The van der Waals surface area contributed by atoms with Crippen molar-refractivity contribution in [1.29, 1.82) is 0 Å². The van der Waals surface area contributed by atoms with E-state index in [1.165, 1.54) is 38.5 Å². The summed E-state index contributed by atoms with van der Waals surface area (Å²) in [5.74, 6) is -0.425. The minimum atomic E-state index is -1.06. The minimum absolute atomic E-state index is 0.341. The lowest BCUT2D eigenvalue weighted by Gasteiger charge is -2.26. The second-order valence-corrected chi connectivity index (χ2v) is 7.17. The fraction of sp³-hybridized carbons (Fsp3) is 0.941. The maximum atomic E-state index is 11.8. The fourth-order valence-corrected chi connectivity index (χ4v) is 2.44. The molecule has 0 spiro atoms. The Morgan fingerprint density at radius 3 is 1.81 bits per heavy atom. The molecule has 0 rings (SSSR count). The molecule has 0 bridgehead atoms. The average molecular weight is 302 g/mol. The van der Waals surface area contributed by atoms with E-state index < -0.39 is 18.0 Å². The first kappa shape index (κ1) is 20.6. The summed E-state index contributed by atoms with van der Waals surface area (Å²) in [4.78, 5) is 11.8. The summed E-state index contributed by atoms with van der Waals surface area (Å²) in [6.07, 6.45) is 7.93. The third-order valence-electron chi connectivity index (χ3n) is 3.71. The van der Waals surface area contributed by atoms with Crippen molar-refractivity contribution in [3.8, 4) is 0 Å². The Labute approximate surface area is 130 Å². The van der Waals surface area contributed by atoms with Crippen LogP contribution in [0.15, 0.2) is 0 Å². The summed E-state index contributed by atoms with van der Waals surface area (Å²) in [6, 6.07) is 0. The molecule has 2 atom stereocenters. The van der Waals surface area contributed by atoms with E-state index in [4.69, 9.17) is 0 Å². The van der Waals surface area contributed by atoms with Crippen molar-refractivity contribution >= 4 is 5.78 Å². The topological polar surface area (TPSA) is 57.5 Å². The Bertz CT molecular complexity index is 274. The molecule has 0 radical (unpaired) electrons. The summed E-state index contributed by atoms with van der Waals surface area (Å²) in [6.45, 7) is 2.55. The number of Topliss-reactive ketones (excluding diaryl/α,β-unsaturated/α-hetero) is 1. The van der Waals surface area contributed by atoms with Crippen LogP contribution in [0.1, 0.15) is 64.7 Å². The van der Waals surface area contributed by atoms with Crippen LogP contribution in [0.3, 0.4) is 0 Å². The summed E-state index contributed by atoms with van der Waals surface area (Å²) in [5, 5.41) is 19.7. The van der Waals surface area contributed by atoms with E-state index in [0.29, 0.717) is 17.4 Å². The van der Waals surface area contributed by atoms with Gasteiger partial charge < -0.3 is 14.7 Å². The van der Waals surface area contributed by atoms with Gasteiger partial charge in [-0.1, -0.05) is 58.3 Å². The largest absolute Gasteiger partial charge is 0.385 e. The van der Waals surface area contributed by atoms with Gasteiger partial charge in [-0.2, -0.15) is 0 Å². The summed E-state index contributed by atoms with van der Waals surface area (Å²) < 4.78 is 0.511. The quantitative estimate of drug-likeness (QED) is 0.406. The molecule has 4 nitrogen and oxygen atoms in total. The molecular weight excluding hydrogens is 266 g/mol. The van der Waals surface area contributed by atoms with Crippen LogP contribution in [-0.4, -0.2) is 60.4 Å². The molecule has 0 aliphatic rings. The highest BCUT2D eigenvalue weighted by molar-refractivity contribution is 5.86. The first-order valence-corrected chi connectivity index (χ1v) is 8.48. The number of aliphatic hydroxyl groups is 2. The smallest absolute Gasteiger partial charge is 0.195 e. The van der Waals surface area contributed by atoms with Gasteiger partial charge in [0.2, 0.25) is 0 Å². The molecule has 0 saturated heterocycles. The number of likely N-dealkylation sites (N-methyl/N-ethyl adjacent to an activating group) is 1. The summed E-state index contributed by atoms with van der Waals surface area (Å²) in [7, 11) is 5.75. The first-order chi connectivity index (χ1) is 9.78. The Morgan fingerprint density at radius 1 is 0.857 bits per heavy atom. The van der Waals surface area contributed by atoms with Gasteiger partial charge in [-0.25, -0.2) is 0 Å². The molecule has 21 heavy (non-hydrogen) atoms. The lowest BCUT2D eigenvalue weighted by Crippen LogP contribution is -2.47. The van der Waals surface area contributed by atoms with Crippen molar-refractivity contribution < 1.29 is 19.5 Å². The highest BCUT2D eigenvalue weighted by Crippen LogP contribution is 2.12. The second-order valence-electron chi connectivity index (χ2n) is 7.17. The van der Waals surface area contributed by atoms with Crippen molar-refractivity contribution in [2.75, 3.05) is 27.7 Å². The Hall–Kier alpha value is -0.450. The Morgan fingerprint density at radius 2 is 1.33 bits per heavy atom. The highest BCUT2D eigenvalue weighted by atomic mass is 16.3. The van der Waals surface area contributed by atoms with Crippen molar-refractivity contribution in [3.05, 3.63) is 0 Å². The maximum Gasteiger partial charge on any atom is 0.195 e. The molecule has 0 amide bonds. The molecule has 0 heterocycles. The van der Waals surface area contributed by atoms with Crippen LogP contribution in [0.5, 0.6) is 0 Å². The number of aliphatic hydroxyl groups excluding tert-OH is 2. The number of carbonyl (C=O) groups excluding carboxylic acids is 1. The standard InChI is InChI=1S/C17H36NO3/c1-5-6-7-8-9-10-11-12-13-15(19)17(21)16(20)14-18(2,3)4/h15-16,19-20H,5-14H2,1-4H3/q+1. The third kappa shape index (κ3) is 11.8. The minimum Gasteiger partial charge on any atom is -0.385 e. The van der Waals surface area contributed by atoms with E-state index in [9.17, 15) is 15.0 Å². The summed E-state index contributed by atoms with van der Waals surface area (Å²) in [5.41, 5.74) is 0. The predicted molar refractivity (Wildman–Crippen MR) is 87.1 cm³/mol. The number of unbranched alkanes of at least 4 members (excludes halogenated alkanes) is 7. The molecule has 126 valence electrons. The monoisotopic (exact) mass is 302 g/mol. The number of quaternary nitrogens is 1. The molecule has 0 aromatic carbocycles. The van der Waals surface area contributed by atoms with E-state index in [2.05, 4.69) is 6.92 Å². The molecule has 2 N–H and O–H groups in total. The van der Waals surface area contributed by atoms with Gasteiger partial charge in [-0.15, -0.1) is 0 Å². The second kappa shape index (κ2) is 11.2. The van der Waals surface area contributed by atoms with Gasteiger partial charge in [0.15, 0.2) is 11.9 Å². The van der Waals surface area contributed by atoms with Gasteiger partial charge in [0.25, 0.3) is 0 Å². The van der Waals surface area contributed by atoms with E-state index in [1.807, 2.05) is 21.1 Å². The van der Waals surface area contributed by atoms with E-state index in [0.717, 1.165) is 12.8 Å². The van der Waals surface area contributed by atoms with E-state index >= 15 is 0 Å². The number of hydrogen-bond acceptors (Lipinski definition) is 3. The van der Waals surface area contributed by atoms with Crippen LogP contribution in [0.2, 0.25) is 0 Å². The number of ketones is 1. The van der Waals surface area contributed by atoms with E-state index in [-0.39, 0.29) is 0 Å². The zero-order valence-corrected chi connectivity index (χ0v) is 14.5. The Kier molecular flexibility index (Phi) is 10.9. The number of carbonyl (C=O) groups is 1. The van der Waals surface area contributed by atoms with Crippen LogP contribution >= 0.6 is 0 Å². The van der Waals surface area contributed by atoms with Crippen LogP contribution in [-0.2, 0) is 4.79 Å². The fourth-order valence-electron chi connectivity index (χ4n) is 2.44. The first-order valence-electron chi connectivity index (χ1n) is 8.48. The van der Waals surface area contributed by atoms with Gasteiger partial charge in [0.05, 0.1) is 21.1 Å². The molecular formula is C17H36NO3+. The molecule has 0 aromatic rings. The van der Waals surface area contributed by atoms with Crippen molar-refractivity contribution in [2.24, 2.45) is 0 Å². The van der Waals surface area contributed by atoms with Crippen molar-refractivity contribution in [3.63, 3.8) is 0 Å². The molecule has 0 aliphatic heterocycles. The van der Waals surface area contributed by atoms with Crippen molar-refractivity contribution in [1.82, 2.24) is 0 Å². The average Bonchev–Trinajstić information content (AvgIpc) is 2.38. The zero-order chi connectivity index (χ0) is 16.3. The number of nitrogens with zero attached hydrogens (tertiary/aromatic N) is 1. The molecule has 4 heteroatoms. The lowest BCUT2D eigenvalue weighted by molar-refractivity contribution is -0.872. The van der Waals surface area contributed by atoms with Gasteiger partial charge >= 0.3 is 0 Å². The molecule has 0 saturated carbocycles. The SMILES string of the molecule is CCCCCCCCCCC(O)C(=O)C(O)C[N+](C)(C)C. The molecule has 0 aromatic heterocycles. The van der Waals surface area contributed by atoms with Crippen LogP contribution in [0, 0.1) is 0 Å². The van der Waals surface area contributed by atoms with Gasteiger partial charge in [-0.3, -0.25) is 4.79 Å². The van der Waals surface area contributed by atoms with Crippen molar-refractivity contribution in [2.45, 2.75) is 76.9 Å². The van der Waals surface area contributed by atoms with Crippen LogP contribution < -0.4 is 0 Å². The molecule has 0 fully saturated rings. The van der Waals surface area contributed by atoms with Gasteiger partial charge in [-0.05, 0) is 6.42 Å². The number of hydrogen-bond donors (Lipinski definition) is 2. The van der Waals surface area contributed by atoms with Crippen LogP contribution in [0.25, 0.3) is 0 Å². The van der Waals surface area contributed by atoms with Gasteiger partial charge in [0, 0.05) is 0 Å². The predicted octanol–water partition coefficient (Wildman–Crippen LogP) is 2.51. The molecule has 2 unspecified atom stereocenters. The maximum absolute atomic E-state index is 11.8. The Balaban J connectivity index is 3.69. The highest BCUT2D eigenvalue weighted by Gasteiger charge is 2.27.